The van der Waals surface area contributed by atoms with Crippen molar-refractivity contribution in [3.05, 3.63) is 41.9 Å². The Labute approximate surface area is 91.2 Å². The van der Waals surface area contributed by atoms with Crippen LogP contribution in [0, 0.1) is 6.92 Å². The first kappa shape index (κ1) is 9.79. The van der Waals surface area contributed by atoms with Gasteiger partial charge in [0.1, 0.15) is 10.7 Å². The lowest BCUT2D eigenvalue weighted by Gasteiger charge is -1.99. The van der Waals surface area contributed by atoms with Gasteiger partial charge in [-0.25, -0.2) is 0 Å². The van der Waals surface area contributed by atoms with Crippen molar-refractivity contribution in [2.45, 2.75) is 6.92 Å². The molecule has 0 atom stereocenters. The highest BCUT2D eigenvalue weighted by Crippen LogP contribution is 2.15. The maximum Gasteiger partial charge on any atom is 0.274 e. The highest BCUT2D eigenvalue weighted by atomic mass is 32.1. The predicted molar refractivity (Wildman–Crippen MR) is 59.0 cm³/mol. The van der Waals surface area contributed by atoms with E-state index in [1.165, 1.54) is 11.5 Å². The van der Waals surface area contributed by atoms with E-state index in [-0.39, 0.29) is 5.91 Å². The topological polar surface area (TPSA) is 54.9 Å². The van der Waals surface area contributed by atoms with Gasteiger partial charge in [-0.05, 0) is 36.7 Å². The van der Waals surface area contributed by atoms with Crippen LogP contribution < -0.4 is 5.32 Å². The molecule has 0 fully saturated rings. The van der Waals surface area contributed by atoms with Crippen molar-refractivity contribution in [1.82, 2.24) is 9.36 Å². The number of pyridine rings is 1. The summed E-state index contributed by atoms with van der Waals surface area (Å²) < 4.78 is 4.07. The largest absolute Gasteiger partial charge is 0.311 e. The molecule has 2 rings (SSSR count). The quantitative estimate of drug-likeness (QED) is 0.841. The van der Waals surface area contributed by atoms with E-state index in [1.54, 1.807) is 24.4 Å². The zero-order valence-electron chi connectivity index (χ0n) is 8.10. The van der Waals surface area contributed by atoms with Crippen LogP contribution in [0.5, 0.6) is 0 Å². The third-order valence-electron chi connectivity index (χ3n) is 1.76. The molecule has 2 aromatic heterocycles. The number of nitrogens with one attached hydrogen (secondary N) is 1. The van der Waals surface area contributed by atoms with Crippen molar-refractivity contribution in [3.8, 4) is 0 Å². The van der Waals surface area contributed by atoms with Crippen molar-refractivity contribution in [2.75, 3.05) is 5.32 Å². The molecule has 1 amide bonds. The maximum absolute atomic E-state index is 11.6. The highest BCUT2D eigenvalue weighted by molar-refractivity contribution is 7.10. The minimum Gasteiger partial charge on any atom is -0.311 e. The zero-order valence-corrected chi connectivity index (χ0v) is 8.91. The second kappa shape index (κ2) is 4.18. The highest BCUT2D eigenvalue weighted by Gasteiger charge is 2.07. The van der Waals surface area contributed by atoms with Crippen molar-refractivity contribution < 1.29 is 4.79 Å². The Bertz CT molecular complexity index is 467. The molecular weight excluding hydrogens is 210 g/mol. The summed E-state index contributed by atoms with van der Waals surface area (Å²) in [6.07, 6.45) is 1.59. The van der Waals surface area contributed by atoms with Crippen molar-refractivity contribution in [3.63, 3.8) is 0 Å². The van der Waals surface area contributed by atoms with Crippen molar-refractivity contribution >= 4 is 22.4 Å². The van der Waals surface area contributed by atoms with E-state index in [0.717, 1.165) is 10.7 Å². The molecule has 4 nitrogen and oxygen atoms in total. The van der Waals surface area contributed by atoms with Gasteiger partial charge in [0.05, 0.1) is 5.69 Å². The van der Waals surface area contributed by atoms with Gasteiger partial charge in [-0.1, -0.05) is 6.07 Å². The average Bonchev–Trinajstić information content (AvgIpc) is 2.65. The summed E-state index contributed by atoms with van der Waals surface area (Å²) in [6.45, 7) is 1.88. The third kappa shape index (κ3) is 2.38. The van der Waals surface area contributed by atoms with Crippen LogP contribution in [0.2, 0.25) is 0 Å². The molecule has 0 saturated heterocycles. The van der Waals surface area contributed by atoms with Gasteiger partial charge in [0.15, 0.2) is 0 Å². The lowest BCUT2D eigenvalue weighted by atomic mass is 10.3. The summed E-state index contributed by atoms with van der Waals surface area (Å²) >= 11 is 1.26. The van der Waals surface area contributed by atoms with Crippen molar-refractivity contribution in [2.24, 2.45) is 0 Å². The smallest absolute Gasteiger partial charge is 0.274 e. The average molecular weight is 219 g/mol. The van der Waals surface area contributed by atoms with Gasteiger partial charge in [-0.2, -0.15) is 4.37 Å². The van der Waals surface area contributed by atoms with Crippen LogP contribution in [-0.2, 0) is 0 Å². The summed E-state index contributed by atoms with van der Waals surface area (Å²) in [4.78, 5) is 15.6. The van der Waals surface area contributed by atoms with Gasteiger partial charge in [0.25, 0.3) is 5.91 Å². The van der Waals surface area contributed by atoms with Crippen LogP contribution in [0.3, 0.4) is 0 Å². The van der Waals surface area contributed by atoms with E-state index in [4.69, 9.17) is 0 Å². The summed E-state index contributed by atoms with van der Waals surface area (Å²) in [5, 5.41) is 3.47. The third-order valence-corrected chi connectivity index (χ3v) is 2.56. The molecule has 15 heavy (non-hydrogen) atoms. The molecule has 2 heterocycles. The number of nitrogens with zero attached hydrogens (tertiary/aromatic N) is 2. The number of hydrogen-bond donors (Lipinski definition) is 1. The van der Waals surface area contributed by atoms with E-state index in [0.29, 0.717) is 5.69 Å². The molecule has 0 bridgehead atoms. The fourth-order valence-electron chi connectivity index (χ4n) is 1.10. The molecule has 2 aromatic rings. The summed E-state index contributed by atoms with van der Waals surface area (Å²) in [6, 6.07) is 7.04. The van der Waals surface area contributed by atoms with E-state index in [9.17, 15) is 4.79 Å². The Morgan fingerprint density at radius 2 is 2.33 bits per heavy atom. The van der Waals surface area contributed by atoms with E-state index in [1.807, 2.05) is 13.0 Å². The Morgan fingerprint density at radius 1 is 1.47 bits per heavy atom. The van der Waals surface area contributed by atoms with Crippen LogP contribution in [0.1, 0.15) is 16.2 Å². The Balaban J connectivity index is 2.11. The fourth-order valence-corrected chi connectivity index (χ4v) is 1.75. The van der Waals surface area contributed by atoms with Gasteiger partial charge in [-0.15, -0.1) is 0 Å². The van der Waals surface area contributed by atoms with Crippen LogP contribution in [0.15, 0.2) is 30.5 Å². The monoisotopic (exact) mass is 219 g/mol. The molecule has 0 aromatic carbocycles. The molecule has 0 unspecified atom stereocenters. The summed E-state index contributed by atoms with van der Waals surface area (Å²) in [5.74, 6) is -0.209. The standard InChI is InChI=1S/C10H9N3OS/c1-7-6-9(15-13-7)12-10(14)8-4-2-3-5-11-8/h2-6H,1H3,(H,12,14). The van der Waals surface area contributed by atoms with E-state index >= 15 is 0 Å². The molecule has 0 spiro atoms. The Hall–Kier alpha value is -1.75. The summed E-state index contributed by atoms with van der Waals surface area (Å²) in [5.41, 5.74) is 1.31. The molecule has 76 valence electrons. The number of anilines is 1. The number of amides is 1. The van der Waals surface area contributed by atoms with Crippen LogP contribution in [-0.4, -0.2) is 15.3 Å². The normalized spacial score (nSPS) is 9.93. The number of carbonyl (C=O) groups excluding carboxylic acids is 1. The number of aryl methyl sites for hydroxylation is 1. The first-order valence-electron chi connectivity index (χ1n) is 4.41. The number of rotatable bonds is 2. The van der Waals surface area contributed by atoms with Gasteiger partial charge in [0.2, 0.25) is 0 Å². The minimum atomic E-state index is -0.209. The Morgan fingerprint density at radius 3 is 2.93 bits per heavy atom. The maximum atomic E-state index is 11.6. The molecule has 5 heteroatoms. The number of aromatic nitrogens is 2. The number of carbonyl (C=O) groups is 1. The molecule has 0 aliphatic heterocycles. The zero-order chi connectivity index (χ0) is 10.7. The number of hydrogen-bond acceptors (Lipinski definition) is 4. The molecule has 1 N–H and O–H groups in total. The van der Waals surface area contributed by atoms with Crippen molar-refractivity contribution in [1.29, 1.82) is 0 Å². The SMILES string of the molecule is Cc1cc(NC(=O)c2ccccn2)sn1. The second-order valence-corrected chi connectivity index (χ2v) is 3.81. The minimum absolute atomic E-state index is 0.209. The van der Waals surface area contributed by atoms with Gasteiger partial charge in [0, 0.05) is 6.20 Å². The molecule has 0 aliphatic rings. The first-order valence-corrected chi connectivity index (χ1v) is 5.19. The molecular formula is C10H9N3OS. The van der Waals surface area contributed by atoms with Crippen LogP contribution >= 0.6 is 11.5 Å². The van der Waals surface area contributed by atoms with E-state index in [2.05, 4.69) is 14.7 Å². The second-order valence-electron chi connectivity index (χ2n) is 3.00. The van der Waals surface area contributed by atoms with Gasteiger partial charge in [-0.3, -0.25) is 9.78 Å². The van der Waals surface area contributed by atoms with E-state index < -0.39 is 0 Å². The first-order chi connectivity index (χ1) is 7.25. The van der Waals surface area contributed by atoms with Crippen LogP contribution in [0.25, 0.3) is 0 Å². The lowest BCUT2D eigenvalue weighted by molar-refractivity contribution is 0.102. The fraction of sp³-hybridized carbons (Fsp3) is 0.100. The predicted octanol–water partition coefficient (Wildman–Crippen LogP) is 2.10. The van der Waals surface area contributed by atoms with Gasteiger partial charge >= 0.3 is 0 Å². The molecule has 0 saturated carbocycles. The van der Waals surface area contributed by atoms with Crippen LogP contribution in [0.4, 0.5) is 5.00 Å². The molecule has 0 radical (unpaired) electrons. The lowest BCUT2D eigenvalue weighted by Crippen LogP contribution is -2.12. The van der Waals surface area contributed by atoms with Gasteiger partial charge < -0.3 is 5.32 Å². The Kier molecular flexibility index (Phi) is 2.73. The molecule has 0 aliphatic carbocycles. The summed E-state index contributed by atoms with van der Waals surface area (Å²) in [7, 11) is 0.